The molecule has 0 saturated carbocycles. The number of hydrogen-bond acceptors (Lipinski definition) is 4. The van der Waals surface area contributed by atoms with Crippen molar-refractivity contribution < 1.29 is 19.3 Å². The lowest BCUT2D eigenvalue weighted by Crippen LogP contribution is -2.65. The first-order valence-electron chi connectivity index (χ1n) is 6.34. The maximum Gasteiger partial charge on any atom is 0.495 e. The van der Waals surface area contributed by atoms with E-state index in [2.05, 4.69) is 4.99 Å². The lowest BCUT2D eigenvalue weighted by molar-refractivity contribution is -0.550. The first-order valence-corrected chi connectivity index (χ1v) is 6.34. The lowest BCUT2D eigenvalue weighted by Gasteiger charge is -2.11. The van der Waals surface area contributed by atoms with Gasteiger partial charge in [0.05, 0.1) is 16.7 Å². The number of nitro benzene ring substituents is 1. The molecule has 102 valence electrons. The van der Waals surface area contributed by atoms with Crippen molar-refractivity contribution in [3.63, 3.8) is 0 Å². The van der Waals surface area contributed by atoms with Gasteiger partial charge in [0.2, 0.25) is 5.58 Å². The summed E-state index contributed by atoms with van der Waals surface area (Å²) < 4.78 is 7.30. The van der Waals surface area contributed by atoms with Crippen LogP contribution >= 0.6 is 0 Å². The Morgan fingerprint density at radius 2 is 2.24 bits per heavy atom. The predicted molar refractivity (Wildman–Crippen MR) is 74.3 cm³/mol. The molecule has 2 heterocycles. The Morgan fingerprint density at radius 1 is 1.38 bits per heavy atom. The summed E-state index contributed by atoms with van der Waals surface area (Å²) in [6.45, 7) is 0. The molecule has 1 atom stereocenters. The number of non-ortho nitro benzene ring substituents is 1. The van der Waals surface area contributed by atoms with E-state index in [0.29, 0.717) is 22.9 Å². The summed E-state index contributed by atoms with van der Waals surface area (Å²) in [5, 5.41) is 17.1. The number of aromatic nitrogens is 1. The molecule has 0 unspecified atom stereocenters. The van der Waals surface area contributed by atoms with Crippen molar-refractivity contribution in [1.82, 2.24) is 0 Å². The van der Waals surface area contributed by atoms with Crippen LogP contribution < -0.4 is 9.98 Å². The van der Waals surface area contributed by atoms with Gasteiger partial charge < -0.3 is 4.42 Å². The van der Waals surface area contributed by atoms with E-state index in [0.717, 1.165) is 5.71 Å². The highest BCUT2D eigenvalue weighted by atomic mass is 16.6. The van der Waals surface area contributed by atoms with Gasteiger partial charge in [0, 0.05) is 12.1 Å². The van der Waals surface area contributed by atoms with Crippen LogP contribution in [-0.2, 0) is 0 Å². The first-order chi connectivity index (χ1) is 10.1. The van der Waals surface area contributed by atoms with Gasteiger partial charge in [-0.3, -0.25) is 10.1 Å². The quantitative estimate of drug-likeness (QED) is 0.467. The van der Waals surface area contributed by atoms with E-state index in [4.69, 9.17) is 9.83 Å². The molecule has 1 aliphatic heterocycles. The molecule has 7 heteroatoms. The van der Waals surface area contributed by atoms with Gasteiger partial charge in [0.1, 0.15) is 0 Å². The van der Waals surface area contributed by atoms with Gasteiger partial charge in [-0.25, -0.2) is 5.41 Å². The van der Waals surface area contributed by atoms with Crippen LogP contribution in [0.2, 0.25) is 0 Å². The molecule has 2 aliphatic rings. The van der Waals surface area contributed by atoms with Gasteiger partial charge in [0.15, 0.2) is 5.92 Å². The second-order valence-electron chi connectivity index (χ2n) is 4.81. The molecule has 0 saturated heterocycles. The zero-order chi connectivity index (χ0) is 14.6. The Hall–Kier alpha value is -3.09. The molecule has 0 amide bonds. The molecule has 21 heavy (non-hydrogen) atoms. The average molecular weight is 282 g/mol. The molecule has 0 fully saturated rings. The largest absolute Gasteiger partial charge is 0.495 e. The number of allylic oxidation sites excluding steroid dienone is 4. The maximum atomic E-state index is 10.8. The molecule has 1 aliphatic carbocycles. The van der Waals surface area contributed by atoms with Gasteiger partial charge >= 0.3 is 11.9 Å². The van der Waals surface area contributed by atoms with Gasteiger partial charge in [-0.15, -0.1) is 0 Å². The smallest absolute Gasteiger partial charge is 0.381 e. The van der Waals surface area contributed by atoms with E-state index in [1.165, 1.54) is 12.1 Å². The highest BCUT2D eigenvalue weighted by Gasteiger charge is 2.43. The molecule has 1 aromatic heterocycles. The number of nitro groups is 1. The zero-order valence-electron chi connectivity index (χ0n) is 10.8. The van der Waals surface area contributed by atoms with Gasteiger partial charge in [-0.1, -0.05) is 18.2 Å². The first kappa shape index (κ1) is 11.7. The standard InChI is InChI=1S/C14H9N4O3/c15-13-9-3-1-2-4-10(9)16-14-17(13)11-6-5-8(18(19)20)7-12(11)21-14/h1-7,9,15H/q+1/p+1/t9-/m1/s1. The van der Waals surface area contributed by atoms with Gasteiger partial charge in [-0.05, 0) is 10.6 Å². The fraction of sp³-hybridized carbons (Fsp3) is 0.0714. The maximum absolute atomic E-state index is 10.8. The second kappa shape index (κ2) is 3.95. The molecule has 0 bridgehead atoms. The topological polar surface area (TPSA) is 98.1 Å². The minimum absolute atomic E-state index is 0.0300. The monoisotopic (exact) mass is 282 g/mol. The van der Waals surface area contributed by atoms with Crippen LogP contribution in [0.25, 0.3) is 11.1 Å². The van der Waals surface area contributed by atoms with Gasteiger partial charge in [0.25, 0.3) is 11.2 Å². The predicted octanol–water partition coefficient (Wildman–Crippen LogP) is 0.462. The van der Waals surface area contributed by atoms with E-state index in [-0.39, 0.29) is 11.6 Å². The Bertz CT molecular complexity index is 904. The van der Waals surface area contributed by atoms with Crippen molar-refractivity contribution in [2.75, 3.05) is 0 Å². The minimum Gasteiger partial charge on any atom is -0.381 e. The summed E-state index contributed by atoms with van der Waals surface area (Å²) in [7, 11) is 0. The number of fused-ring (bicyclic) bond motifs is 4. The highest BCUT2D eigenvalue weighted by molar-refractivity contribution is 6.12. The molecule has 0 radical (unpaired) electrons. The third kappa shape index (κ3) is 1.57. The summed E-state index contributed by atoms with van der Waals surface area (Å²) in [5.74, 6) is 0.465. The van der Waals surface area contributed by atoms with Crippen molar-refractivity contribution in [1.29, 1.82) is 0 Å². The van der Waals surface area contributed by atoms with E-state index in [1.807, 2.05) is 24.3 Å². The average Bonchev–Trinajstić information content (AvgIpc) is 2.84. The summed E-state index contributed by atoms with van der Waals surface area (Å²) in [5.41, 5.74) is 1.82. The Morgan fingerprint density at radius 3 is 3.05 bits per heavy atom. The molecule has 4 rings (SSSR count). The molecule has 2 N–H and O–H groups in total. The molecule has 1 aromatic carbocycles. The van der Waals surface area contributed by atoms with E-state index in [1.54, 1.807) is 10.6 Å². The number of nitrogens with zero attached hydrogens (tertiary/aromatic N) is 3. The highest BCUT2D eigenvalue weighted by Crippen LogP contribution is 2.27. The zero-order valence-corrected chi connectivity index (χ0v) is 10.8. The molecule has 7 nitrogen and oxygen atoms in total. The van der Waals surface area contributed by atoms with Gasteiger partial charge in [-0.2, -0.15) is 4.99 Å². The fourth-order valence-electron chi connectivity index (χ4n) is 2.59. The summed E-state index contributed by atoms with van der Waals surface area (Å²) in [6, 6.07) is 4.75. The minimum atomic E-state index is -0.462. The number of hydrogen-bond donors (Lipinski definition) is 1. The van der Waals surface area contributed by atoms with Crippen molar-refractivity contribution in [3.05, 3.63) is 52.6 Å². The van der Waals surface area contributed by atoms with E-state index >= 15 is 0 Å². The van der Waals surface area contributed by atoms with Crippen molar-refractivity contribution in [3.8, 4) is 0 Å². The number of oxazole rings is 1. The summed E-state index contributed by atoms with van der Waals surface area (Å²) in [4.78, 5) is 14.8. The van der Waals surface area contributed by atoms with Crippen LogP contribution in [0, 0.1) is 16.0 Å². The number of rotatable bonds is 1. The van der Waals surface area contributed by atoms with Crippen LogP contribution in [0.1, 0.15) is 0 Å². The lowest BCUT2D eigenvalue weighted by atomic mass is 9.96. The summed E-state index contributed by atoms with van der Waals surface area (Å²) >= 11 is 0. The molecule has 2 aromatic rings. The van der Waals surface area contributed by atoms with E-state index in [9.17, 15) is 10.1 Å². The molecular weight excluding hydrogens is 272 g/mol. The molecular formula is C14H10N4O3+2. The Balaban J connectivity index is 1.98. The van der Waals surface area contributed by atoms with Crippen molar-refractivity contribution in [2.24, 2.45) is 10.9 Å². The van der Waals surface area contributed by atoms with E-state index < -0.39 is 4.92 Å². The summed E-state index contributed by atoms with van der Waals surface area (Å²) in [6.07, 6.45) is 7.62. The number of aliphatic imine (C=N–C) groups is 1. The Labute approximate surface area is 118 Å². The van der Waals surface area contributed by atoms with Crippen LogP contribution in [0.4, 0.5) is 11.7 Å². The third-order valence-electron chi connectivity index (χ3n) is 3.59. The van der Waals surface area contributed by atoms with Crippen LogP contribution in [0.15, 0.2) is 51.9 Å². The number of nitrogens with two attached hydrogens (primary N) is 1. The van der Waals surface area contributed by atoms with Crippen LogP contribution in [0.5, 0.6) is 0 Å². The third-order valence-corrected chi connectivity index (χ3v) is 3.59. The fourth-order valence-corrected chi connectivity index (χ4v) is 2.59. The SMILES string of the molecule is [NH2+]=C1[C@@H]2C=CC=CC2=Nc2oc3cc([N+](=O)[O-])ccc3[n+]21. The van der Waals surface area contributed by atoms with Crippen molar-refractivity contribution >= 4 is 34.3 Å². The van der Waals surface area contributed by atoms with Crippen molar-refractivity contribution in [2.45, 2.75) is 0 Å². The van der Waals surface area contributed by atoms with Crippen LogP contribution in [0.3, 0.4) is 0 Å². The second-order valence-corrected chi connectivity index (χ2v) is 4.81. The number of benzene rings is 1. The normalized spacial score (nSPS) is 19.3. The molecule has 0 spiro atoms. The van der Waals surface area contributed by atoms with Crippen LogP contribution in [-0.4, -0.2) is 16.5 Å². The Kier molecular flexibility index (Phi) is 2.20.